The average molecular weight is 286 g/mol. The summed E-state index contributed by atoms with van der Waals surface area (Å²) in [5, 5.41) is 23.3. The molecule has 2 atom stereocenters. The maximum Gasteiger partial charge on any atom is 0.328 e. The fraction of sp³-hybridized carbons (Fsp3) is 0.364. The molecule has 1 heterocycles. The van der Waals surface area contributed by atoms with Gasteiger partial charge in [0.25, 0.3) is 5.91 Å². The molecule has 1 rings (SSSR count). The minimum Gasteiger partial charge on any atom is -0.480 e. The molecule has 7 nitrogen and oxygen atoms in total. The van der Waals surface area contributed by atoms with E-state index >= 15 is 0 Å². The first-order valence-corrected chi connectivity index (χ1v) is 6.22. The minimum atomic E-state index is -1.38. The van der Waals surface area contributed by atoms with Gasteiger partial charge in [0.1, 0.15) is 0 Å². The van der Waals surface area contributed by atoms with Gasteiger partial charge in [-0.3, -0.25) is 9.59 Å². The van der Waals surface area contributed by atoms with Crippen LogP contribution < -0.4 is 10.6 Å². The van der Waals surface area contributed by atoms with E-state index in [9.17, 15) is 19.5 Å². The molecule has 1 aromatic heterocycles. The molecule has 0 aliphatic carbocycles. The van der Waals surface area contributed by atoms with Gasteiger partial charge in [-0.2, -0.15) is 0 Å². The van der Waals surface area contributed by atoms with Crippen molar-refractivity contribution in [1.29, 1.82) is 0 Å². The maximum absolute atomic E-state index is 11.8. The molecule has 0 aliphatic heterocycles. The highest BCUT2D eigenvalue weighted by Gasteiger charge is 2.25. The standard InChI is InChI=1S/C11H14N2O5S/c1-5(14)9(11(17)18)13-10(16)7-3-4-8(19-7)12-6(2)15/h3-5,9,14H,1-2H3,(H,12,15)(H,13,16)(H,17,18)/t5-,9+/m1/s1. The van der Waals surface area contributed by atoms with E-state index < -0.39 is 24.0 Å². The van der Waals surface area contributed by atoms with E-state index in [-0.39, 0.29) is 10.8 Å². The number of carboxylic acid groups (broad SMARTS) is 1. The van der Waals surface area contributed by atoms with Crippen LogP contribution in [0.25, 0.3) is 0 Å². The predicted molar refractivity (Wildman–Crippen MR) is 69.2 cm³/mol. The monoisotopic (exact) mass is 286 g/mol. The first kappa shape index (κ1) is 15.1. The first-order chi connectivity index (χ1) is 8.81. The number of aliphatic hydroxyl groups is 1. The smallest absolute Gasteiger partial charge is 0.328 e. The summed E-state index contributed by atoms with van der Waals surface area (Å²) in [6, 6.07) is 1.63. The Morgan fingerprint density at radius 1 is 1.32 bits per heavy atom. The number of hydrogen-bond donors (Lipinski definition) is 4. The normalized spacial score (nSPS) is 13.4. The lowest BCUT2D eigenvalue weighted by molar-refractivity contribution is -0.141. The third-order valence-corrected chi connectivity index (χ3v) is 3.16. The lowest BCUT2D eigenvalue weighted by atomic mass is 10.2. The Hall–Kier alpha value is -1.93. The second kappa shape index (κ2) is 6.30. The number of rotatable bonds is 5. The van der Waals surface area contributed by atoms with Gasteiger partial charge in [0, 0.05) is 6.92 Å². The van der Waals surface area contributed by atoms with Crippen LogP contribution in [0.1, 0.15) is 23.5 Å². The summed E-state index contributed by atoms with van der Waals surface area (Å²) in [6.07, 6.45) is -1.21. The first-order valence-electron chi connectivity index (χ1n) is 5.40. The molecule has 0 fully saturated rings. The predicted octanol–water partition coefficient (Wildman–Crippen LogP) is 0.270. The molecule has 0 saturated carbocycles. The number of carbonyl (C=O) groups excluding carboxylic acids is 2. The van der Waals surface area contributed by atoms with Gasteiger partial charge >= 0.3 is 5.97 Å². The van der Waals surface area contributed by atoms with Gasteiger partial charge in [-0.25, -0.2) is 4.79 Å². The van der Waals surface area contributed by atoms with Crippen LogP contribution in [0, 0.1) is 0 Å². The summed E-state index contributed by atoms with van der Waals surface area (Å²) in [4.78, 5) is 33.7. The van der Waals surface area contributed by atoms with Crippen LogP contribution in [-0.4, -0.2) is 40.1 Å². The Labute approximate surface area is 113 Å². The van der Waals surface area contributed by atoms with Gasteiger partial charge in [-0.15, -0.1) is 11.3 Å². The summed E-state index contributed by atoms with van der Waals surface area (Å²) in [7, 11) is 0. The molecular weight excluding hydrogens is 272 g/mol. The van der Waals surface area contributed by atoms with Gasteiger partial charge in [-0.1, -0.05) is 0 Å². The van der Waals surface area contributed by atoms with Crippen LogP contribution in [0.2, 0.25) is 0 Å². The van der Waals surface area contributed by atoms with Gasteiger partial charge in [0.2, 0.25) is 5.91 Å². The quantitative estimate of drug-likeness (QED) is 0.620. The molecule has 0 radical (unpaired) electrons. The number of thiophene rings is 1. The summed E-state index contributed by atoms with van der Waals surface area (Å²) >= 11 is 1.02. The molecule has 0 bridgehead atoms. The van der Waals surface area contributed by atoms with Crippen molar-refractivity contribution in [1.82, 2.24) is 5.32 Å². The van der Waals surface area contributed by atoms with E-state index in [4.69, 9.17) is 5.11 Å². The van der Waals surface area contributed by atoms with Gasteiger partial charge in [-0.05, 0) is 19.1 Å². The van der Waals surface area contributed by atoms with Crippen molar-refractivity contribution >= 4 is 34.1 Å². The third kappa shape index (κ3) is 4.34. The Kier molecular flexibility index (Phi) is 5.02. The number of carbonyl (C=O) groups is 3. The van der Waals surface area contributed by atoms with E-state index in [0.717, 1.165) is 11.3 Å². The van der Waals surface area contributed by atoms with Crippen LogP contribution in [0.15, 0.2) is 12.1 Å². The van der Waals surface area contributed by atoms with Crippen LogP contribution >= 0.6 is 11.3 Å². The molecule has 8 heteroatoms. The van der Waals surface area contributed by atoms with Crippen LogP contribution in [-0.2, 0) is 9.59 Å². The zero-order valence-electron chi connectivity index (χ0n) is 10.3. The second-order valence-electron chi connectivity index (χ2n) is 3.88. The molecule has 2 amide bonds. The molecule has 19 heavy (non-hydrogen) atoms. The lowest BCUT2D eigenvalue weighted by Crippen LogP contribution is -2.47. The summed E-state index contributed by atoms with van der Waals surface area (Å²) in [5.74, 6) is -2.20. The summed E-state index contributed by atoms with van der Waals surface area (Å²) in [6.45, 7) is 2.61. The lowest BCUT2D eigenvalue weighted by Gasteiger charge is -2.16. The molecule has 0 aliphatic rings. The molecular formula is C11H14N2O5S. The largest absolute Gasteiger partial charge is 0.480 e. The van der Waals surface area contributed by atoms with Crippen molar-refractivity contribution in [2.45, 2.75) is 26.0 Å². The summed E-state index contributed by atoms with van der Waals surface area (Å²) < 4.78 is 0. The number of carboxylic acids is 1. The number of aliphatic carboxylic acids is 1. The molecule has 104 valence electrons. The zero-order chi connectivity index (χ0) is 14.6. The molecule has 4 N–H and O–H groups in total. The highest BCUT2D eigenvalue weighted by Crippen LogP contribution is 2.21. The SMILES string of the molecule is CC(=O)Nc1ccc(C(=O)N[C@H](C(=O)O)[C@@H](C)O)s1. The summed E-state index contributed by atoms with van der Waals surface area (Å²) in [5.41, 5.74) is 0. The molecule has 0 saturated heterocycles. The Morgan fingerprint density at radius 3 is 2.42 bits per heavy atom. The van der Waals surface area contributed by atoms with E-state index in [2.05, 4.69) is 10.6 Å². The molecule has 0 aromatic carbocycles. The van der Waals surface area contributed by atoms with E-state index in [0.29, 0.717) is 5.00 Å². The highest BCUT2D eigenvalue weighted by atomic mass is 32.1. The molecule has 1 aromatic rings. The Balaban J connectivity index is 2.75. The van der Waals surface area contributed by atoms with Crippen LogP contribution in [0.3, 0.4) is 0 Å². The molecule has 0 spiro atoms. The fourth-order valence-electron chi connectivity index (χ4n) is 1.30. The van der Waals surface area contributed by atoms with Crippen molar-refractivity contribution < 1.29 is 24.6 Å². The van der Waals surface area contributed by atoms with Crippen LogP contribution in [0.5, 0.6) is 0 Å². The van der Waals surface area contributed by atoms with Crippen molar-refractivity contribution in [3.8, 4) is 0 Å². The van der Waals surface area contributed by atoms with E-state index in [1.54, 1.807) is 6.07 Å². The van der Waals surface area contributed by atoms with Crippen molar-refractivity contribution in [2.24, 2.45) is 0 Å². The number of anilines is 1. The van der Waals surface area contributed by atoms with Gasteiger partial charge in [0.15, 0.2) is 6.04 Å². The van der Waals surface area contributed by atoms with Crippen molar-refractivity contribution in [2.75, 3.05) is 5.32 Å². The second-order valence-corrected chi connectivity index (χ2v) is 4.96. The number of hydrogen-bond acceptors (Lipinski definition) is 5. The van der Waals surface area contributed by atoms with Crippen molar-refractivity contribution in [3.05, 3.63) is 17.0 Å². The number of nitrogens with one attached hydrogen (secondary N) is 2. The van der Waals surface area contributed by atoms with Crippen molar-refractivity contribution in [3.63, 3.8) is 0 Å². The molecule has 0 unspecified atom stereocenters. The Morgan fingerprint density at radius 2 is 1.95 bits per heavy atom. The maximum atomic E-state index is 11.8. The van der Waals surface area contributed by atoms with Gasteiger partial charge < -0.3 is 20.8 Å². The van der Waals surface area contributed by atoms with E-state index in [1.165, 1.54) is 19.9 Å². The van der Waals surface area contributed by atoms with E-state index in [1.807, 2.05) is 0 Å². The fourth-order valence-corrected chi connectivity index (χ4v) is 2.16. The zero-order valence-corrected chi connectivity index (χ0v) is 11.2. The third-order valence-electron chi connectivity index (χ3n) is 2.16. The highest BCUT2D eigenvalue weighted by molar-refractivity contribution is 7.18. The average Bonchev–Trinajstić information content (AvgIpc) is 2.72. The topological polar surface area (TPSA) is 116 Å². The number of aliphatic hydroxyl groups excluding tert-OH is 1. The number of amides is 2. The Bertz CT molecular complexity index is 497. The van der Waals surface area contributed by atoms with Crippen LogP contribution in [0.4, 0.5) is 5.00 Å². The minimum absolute atomic E-state index is 0.246. The van der Waals surface area contributed by atoms with Gasteiger partial charge in [0.05, 0.1) is 16.0 Å².